The Morgan fingerprint density at radius 3 is 2.82 bits per heavy atom. The number of methoxy groups -OCH3 is 1. The van der Waals surface area contributed by atoms with Crippen molar-refractivity contribution in [3.05, 3.63) is 60.4 Å². The molecule has 0 bridgehead atoms. The average Bonchev–Trinajstić information content (AvgIpc) is 3.58. The highest BCUT2D eigenvalue weighted by atomic mass is 19.1. The fourth-order valence-corrected chi connectivity index (χ4v) is 4.09. The predicted molar refractivity (Wildman–Crippen MR) is 98.7 cm³/mol. The molecule has 8 heteroatoms. The molecule has 2 aliphatic rings. The smallest absolute Gasteiger partial charge is 0.238 e. The fraction of sp³-hybridized carbons (Fsp3) is 0.300. The van der Waals surface area contributed by atoms with Crippen LogP contribution in [0.1, 0.15) is 25.0 Å². The van der Waals surface area contributed by atoms with Crippen LogP contribution in [0.15, 0.2) is 48.9 Å². The number of nitrogens with one attached hydrogen (secondary N) is 1. The fourth-order valence-electron chi connectivity index (χ4n) is 4.09. The van der Waals surface area contributed by atoms with Crippen LogP contribution in [0, 0.1) is 11.2 Å². The summed E-state index contributed by atoms with van der Waals surface area (Å²) in [7, 11) is 1.54. The second kappa shape index (κ2) is 5.85. The zero-order chi connectivity index (χ0) is 19.4. The first-order valence-corrected chi connectivity index (χ1v) is 9.07. The lowest BCUT2D eigenvalue weighted by Crippen LogP contribution is -2.32. The van der Waals surface area contributed by atoms with Crippen molar-refractivity contribution in [1.29, 1.82) is 0 Å². The Morgan fingerprint density at radius 2 is 2.11 bits per heavy atom. The number of rotatable bonds is 5. The number of pyridine rings is 2. The molecule has 1 amide bonds. The van der Waals surface area contributed by atoms with Gasteiger partial charge >= 0.3 is 0 Å². The summed E-state index contributed by atoms with van der Waals surface area (Å²) < 4.78 is 21.2. The van der Waals surface area contributed by atoms with Gasteiger partial charge in [0, 0.05) is 30.7 Å². The van der Waals surface area contributed by atoms with Gasteiger partial charge in [0.2, 0.25) is 11.8 Å². The van der Waals surface area contributed by atoms with E-state index in [2.05, 4.69) is 20.4 Å². The van der Waals surface area contributed by atoms with Crippen LogP contribution in [0.2, 0.25) is 0 Å². The lowest BCUT2D eigenvalue weighted by atomic mass is 9.95. The highest BCUT2D eigenvalue weighted by Crippen LogP contribution is 2.78. The molecule has 0 aliphatic heterocycles. The molecule has 1 N–H and O–H groups in total. The van der Waals surface area contributed by atoms with Crippen molar-refractivity contribution in [2.75, 3.05) is 12.4 Å². The summed E-state index contributed by atoms with van der Waals surface area (Å²) in [5.41, 5.74) is -0.0544. The third kappa shape index (κ3) is 2.41. The second-order valence-corrected chi connectivity index (χ2v) is 7.35. The molecular weight excluding hydrogens is 361 g/mol. The van der Waals surface area contributed by atoms with Gasteiger partial charge in [-0.25, -0.2) is 14.1 Å². The van der Waals surface area contributed by atoms with E-state index < -0.39 is 11.2 Å². The molecule has 1 atom stereocenters. The number of ether oxygens (including phenoxy) is 1. The first-order chi connectivity index (χ1) is 13.6. The number of carbonyl (C=O) groups excluding carboxylic acids is 1. The molecule has 1 unspecified atom stereocenters. The van der Waals surface area contributed by atoms with Crippen molar-refractivity contribution < 1.29 is 13.9 Å². The van der Waals surface area contributed by atoms with E-state index in [0.29, 0.717) is 18.1 Å². The summed E-state index contributed by atoms with van der Waals surface area (Å²) in [6, 6.07) is 8.12. The molecule has 142 valence electrons. The minimum atomic E-state index is -0.901. The van der Waals surface area contributed by atoms with E-state index in [1.165, 1.54) is 18.3 Å². The number of carbonyl (C=O) groups is 1. The molecule has 1 spiro atoms. The van der Waals surface area contributed by atoms with Crippen LogP contribution in [-0.4, -0.2) is 32.8 Å². The summed E-state index contributed by atoms with van der Waals surface area (Å²) in [6.45, 7) is 0. The summed E-state index contributed by atoms with van der Waals surface area (Å²) in [6.07, 6.45) is 7.35. The van der Waals surface area contributed by atoms with E-state index >= 15 is 0 Å². The van der Waals surface area contributed by atoms with E-state index in [-0.39, 0.29) is 17.0 Å². The maximum absolute atomic E-state index is 14.4. The lowest BCUT2D eigenvalue weighted by molar-refractivity contribution is -0.119. The standard InChI is InChI=1S/C20H18FN5O2/c1-28-16-11-13(4-9-22-16)26-10-5-15(25-26)24-18(27)20(12-19(20)6-7-19)17-14(21)3-2-8-23-17/h2-5,8-11H,6-7,12H2,1H3,(H,24,25,27). The van der Waals surface area contributed by atoms with E-state index in [1.807, 2.05) is 0 Å². The number of anilines is 1. The van der Waals surface area contributed by atoms with Gasteiger partial charge in [0.25, 0.3) is 0 Å². The van der Waals surface area contributed by atoms with Gasteiger partial charge in [-0.3, -0.25) is 9.78 Å². The monoisotopic (exact) mass is 379 g/mol. The number of halogens is 1. The molecular formula is C20H18FN5O2. The Labute approximate surface area is 160 Å². The molecule has 3 heterocycles. The van der Waals surface area contributed by atoms with Crippen LogP contribution in [0.5, 0.6) is 5.88 Å². The molecule has 0 saturated heterocycles. The summed E-state index contributed by atoms with van der Waals surface area (Å²) in [5, 5.41) is 7.27. The van der Waals surface area contributed by atoms with Crippen molar-refractivity contribution >= 4 is 11.7 Å². The van der Waals surface area contributed by atoms with Gasteiger partial charge in [-0.2, -0.15) is 5.10 Å². The molecule has 3 aromatic heterocycles. The van der Waals surface area contributed by atoms with Gasteiger partial charge in [0.1, 0.15) is 11.2 Å². The van der Waals surface area contributed by atoms with Crippen molar-refractivity contribution in [2.45, 2.75) is 24.7 Å². The molecule has 3 aromatic rings. The minimum Gasteiger partial charge on any atom is -0.481 e. The van der Waals surface area contributed by atoms with Crippen molar-refractivity contribution in [2.24, 2.45) is 5.41 Å². The molecule has 5 rings (SSSR count). The zero-order valence-corrected chi connectivity index (χ0v) is 15.2. The SMILES string of the molecule is COc1cc(-n2ccc(NC(=O)C3(c4ncccc4F)CC34CC4)n2)ccn1. The van der Waals surface area contributed by atoms with Crippen molar-refractivity contribution in [3.63, 3.8) is 0 Å². The van der Waals surface area contributed by atoms with Crippen molar-refractivity contribution in [3.8, 4) is 11.6 Å². The van der Waals surface area contributed by atoms with E-state index in [9.17, 15) is 9.18 Å². The largest absolute Gasteiger partial charge is 0.481 e. The summed E-state index contributed by atoms with van der Waals surface area (Å²) >= 11 is 0. The maximum Gasteiger partial charge on any atom is 0.238 e. The zero-order valence-electron chi connectivity index (χ0n) is 15.2. The molecule has 7 nitrogen and oxygen atoms in total. The third-order valence-electron chi connectivity index (χ3n) is 5.81. The maximum atomic E-state index is 14.4. The van der Waals surface area contributed by atoms with Gasteiger partial charge in [-0.05, 0) is 42.9 Å². The van der Waals surface area contributed by atoms with Gasteiger partial charge in [-0.1, -0.05) is 0 Å². The normalized spacial score (nSPS) is 21.4. The Morgan fingerprint density at radius 1 is 1.25 bits per heavy atom. The van der Waals surface area contributed by atoms with Crippen LogP contribution >= 0.6 is 0 Å². The van der Waals surface area contributed by atoms with Crippen LogP contribution in [0.4, 0.5) is 10.2 Å². The second-order valence-electron chi connectivity index (χ2n) is 7.35. The Bertz CT molecular complexity index is 1080. The van der Waals surface area contributed by atoms with Crippen molar-refractivity contribution in [1.82, 2.24) is 19.7 Å². The van der Waals surface area contributed by atoms with E-state index in [0.717, 1.165) is 18.5 Å². The highest BCUT2D eigenvalue weighted by molar-refractivity contribution is 6.02. The topological polar surface area (TPSA) is 81.9 Å². The molecule has 2 saturated carbocycles. The summed E-state index contributed by atoms with van der Waals surface area (Å²) in [5.74, 6) is 0.187. The molecule has 2 aliphatic carbocycles. The minimum absolute atomic E-state index is 0.146. The van der Waals surface area contributed by atoms with Crippen LogP contribution in [0.3, 0.4) is 0 Å². The first kappa shape index (κ1) is 16.9. The number of aromatic nitrogens is 4. The summed E-state index contributed by atoms with van der Waals surface area (Å²) in [4.78, 5) is 21.4. The number of amides is 1. The molecule has 0 radical (unpaired) electrons. The lowest BCUT2D eigenvalue weighted by Gasteiger charge is -2.16. The Kier molecular flexibility index (Phi) is 3.52. The first-order valence-electron chi connectivity index (χ1n) is 9.07. The molecule has 28 heavy (non-hydrogen) atoms. The van der Waals surface area contributed by atoms with Gasteiger partial charge in [-0.15, -0.1) is 0 Å². The molecule has 0 aromatic carbocycles. The molecule has 2 fully saturated rings. The number of hydrogen-bond donors (Lipinski definition) is 1. The Balaban J connectivity index is 1.41. The van der Waals surface area contributed by atoms with E-state index in [4.69, 9.17) is 4.74 Å². The highest BCUT2D eigenvalue weighted by Gasteiger charge is 2.79. The average molecular weight is 379 g/mol. The van der Waals surface area contributed by atoms with Gasteiger partial charge in [0.15, 0.2) is 5.82 Å². The number of hydrogen-bond acceptors (Lipinski definition) is 5. The van der Waals surface area contributed by atoms with Crippen LogP contribution in [-0.2, 0) is 10.2 Å². The van der Waals surface area contributed by atoms with E-state index in [1.54, 1.807) is 42.4 Å². The van der Waals surface area contributed by atoms with Gasteiger partial charge in [0.05, 0.1) is 18.5 Å². The number of nitrogens with zero attached hydrogens (tertiary/aromatic N) is 4. The quantitative estimate of drug-likeness (QED) is 0.737. The van der Waals surface area contributed by atoms with Gasteiger partial charge < -0.3 is 10.1 Å². The Hall–Kier alpha value is -3.29. The van der Waals surface area contributed by atoms with Crippen LogP contribution < -0.4 is 10.1 Å². The van der Waals surface area contributed by atoms with Crippen LogP contribution in [0.25, 0.3) is 5.69 Å². The predicted octanol–water partition coefficient (Wildman–Crippen LogP) is 2.87. The third-order valence-corrected chi connectivity index (χ3v) is 5.81.